The first-order valence-corrected chi connectivity index (χ1v) is 5.50. The first-order valence-electron chi connectivity index (χ1n) is 5.50. The van der Waals surface area contributed by atoms with Crippen LogP contribution in [-0.2, 0) is 0 Å². The second kappa shape index (κ2) is 4.63. The van der Waals surface area contributed by atoms with Crippen molar-refractivity contribution in [3.63, 3.8) is 0 Å². The Hall–Kier alpha value is -1.74. The number of benzene rings is 2. The van der Waals surface area contributed by atoms with E-state index < -0.39 is 6.10 Å². The monoisotopic (exact) mass is 232 g/mol. The molecule has 1 N–H and O–H groups in total. The Balaban J connectivity index is 2.72. The lowest BCUT2D eigenvalue weighted by Crippen LogP contribution is -1.93. The first-order chi connectivity index (χ1) is 8.17. The number of ether oxygens (including phenoxy) is 2. The molecule has 0 fully saturated rings. The summed E-state index contributed by atoms with van der Waals surface area (Å²) < 4.78 is 10.6. The van der Waals surface area contributed by atoms with Crippen LogP contribution in [0.2, 0.25) is 0 Å². The van der Waals surface area contributed by atoms with Crippen molar-refractivity contribution in [1.82, 2.24) is 0 Å². The molecule has 17 heavy (non-hydrogen) atoms. The van der Waals surface area contributed by atoms with Gasteiger partial charge in [-0.3, -0.25) is 0 Å². The molecule has 0 saturated heterocycles. The zero-order valence-electron chi connectivity index (χ0n) is 10.2. The van der Waals surface area contributed by atoms with Gasteiger partial charge in [0.05, 0.1) is 20.3 Å². The van der Waals surface area contributed by atoms with Crippen LogP contribution in [0.15, 0.2) is 30.3 Å². The fourth-order valence-electron chi connectivity index (χ4n) is 1.93. The van der Waals surface area contributed by atoms with Crippen molar-refractivity contribution in [3.8, 4) is 11.5 Å². The van der Waals surface area contributed by atoms with E-state index in [-0.39, 0.29) is 0 Å². The van der Waals surface area contributed by atoms with Crippen LogP contribution in [-0.4, -0.2) is 19.3 Å². The largest absolute Gasteiger partial charge is 0.496 e. The van der Waals surface area contributed by atoms with Gasteiger partial charge in [-0.2, -0.15) is 0 Å². The van der Waals surface area contributed by atoms with Crippen LogP contribution in [0.5, 0.6) is 11.5 Å². The average Bonchev–Trinajstić information content (AvgIpc) is 2.36. The third-order valence-electron chi connectivity index (χ3n) is 2.88. The van der Waals surface area contributed by atoms with Crippen LogP contribution in [0.4, 0.5) is 0 Å². The summed E-state index contributed by atoms with van der Waals surface area (Å²) >= 11 is 0. The van der Waals surface area contributed by atoms with Gasteiger partial charge >= 0.3 is 0 Å². The van der Waals surface area contributed by atoms with E-state index >= 15 is 0 Å². The molecule has 2 aromatic carbocycles. The van der Waals surface area contributed by atoms with Crippen LogP contribution >= 0.6 is 0 Å². The molecule has 0 bridgehead atoms. The summed E-state index contributed by atoms with van der Waals surface area (Å²) in [7, 11) is 3.28. The van der Waals surface area contributed by atoms with Gasteiger partial charge in [-0.15, -0.1) is 0 Å². The number of hydrogen-bond donors (Lipinski definition) is 1. The van der Waals surface area contributed by atoms with Crippen molar-refractivity contribution < 1.29 is 14.6 Å². The molecule has 0 aromatic heterocycles. The molecule has 1 atom stereocenters. The third-order valence-corrected chi connectivity index (χ3v) is 2.88. The van der Waals surface area contributed by atoms with Crippen molar-refractivity contribution in [1.29, 1.82) is 0 Å². The van der Waals surface area contributed by atoms with Gasteiger partial charge in [0.2, 0.25) is 0 Å². The van der Waals surface area contributed by atoms with Gasteiger partial charge < -0.3 is 14.6 Å². The Morgan fingerprint density at radius 2 is 1.53 bits per heavy atom. The van der Waals surface area contributed by atoms with Crippen LogP contribution in [0.1, 0.15) is 18.6 Å². The highest BCUT2D eigenvalue weighted by atomic mass is 16.5. The molecule has 0 aliphatic carbocycles. The maximum atomic E-state index is 9.60. The maximum absolute atomic E-state index is 9.60. The highest BCUT2D eigenvalue weighted by Crippen LogP contribution is 2.34. The molecule has 0 spiro atoms. The molecule has 2 rings (SSSR count). The Kier molecular flexibility index (Phi) is 3.20. The predicted octanol–water partition coefficient (Wildman–Crippen LogP) is 2.91. The standard InChI is InChI=1S/C14H16O3/c1-9(15)10-4-5-11-12(8-10)14(17-3)7-6-13(11)16-2/h4-9,15H,1-3H3/t9-/m0/s1. The van der Waals surface area contributed by atoms with Crippen LogP contribution in [0.25, 0.3) is 10.8 Å². The van der Waals surface area contributed by atoms with Crippen LogP contribution in [0.3, 0.4) is 0 Å². The van der Waals surface area contributed by atoms with Crippen molar-refractivity contribution in [2.45, 2.75) is 13.0 Å². The van der Waals surface area contributed by atoms with Crippen molar-refractivity contribution in [2.24, 2.45) is 0 Å². The molecule has 0 heterocycles. The molecule has 90 valence electrons. The summed E-state index contributed by atoms with van der Waals surface area (Å²) in [5, 5.41) is 11.5. The van der Waals surface area contributed by atoms with E-state index in [0.717, 1.165) is 27.8 Å². The molecule has 2 aromatic rings. The zero-order valence-corrected chi connectivity index (χ0v) is 10.2. The average molecular weight is 232 g/mol. The molecule has 0 amide bonds. The van der Waals surface area contributed by atoms with Gasteiger partial charge in [-0.25, -0.2) is 0 Å². The smallest absolute Gasteiger partial charge is 0.126 e. The summed E-state index contributed by atoms with van der Waals surface area (Å²) in [6.45, 7) is 1.74. The number of rotatable bonds is 3. The van der Waals surface area contributed by atoms with Gasteiger partial charge in [0.15, 0.2) is 0 Å². The SMILES string of the molecule is COc1ccc(OC)c2cc([C@H](C)O)ccc12. The Bertz CT molecular complexity index is 532. The van der Waals surface area contributed by atoms with E-state index in [1.165, 1.54) is 0 Å². The van der Waals surface area contributed by atoms with Gasteiger partial charge in [-0.05, 0) is 30.7 Å². The molecule has 0 radical (unpaired) electrons. The third kappa shape index (κ3) is 2.06. The molecule has 0 aliphatic rings. The Morgan fingerprint density at radius 1 is 0.941 bits per heavy atom. The van der Waals surface area contributed by atoms with Gasteiger partial charge in [0, 0.05) is 10.8 Å². The highest BCUT2D eigenvalue weighted by molar-refractivity contribution is 5.93. The summed E-state index contributed by atoms with van der Waals surface area (Å²) in [6.07, 6.45) is -0.490. The summed E-state index contributed by atoms with van der Waals surface area (Å²) in [4.78, 5) is 0. The molecule has 0 aliphatic heterocycles. The van der Waals surface area contributed by atoms with Crippen LogP contribution < -0.4 is 9.47 Å². The number of aliphatic hydroxyl groups is 1. The number of hydrogen-bond acceptors (Lipinski definition) is 3. The topological polar surface area (TPSA) is 38.7 Å². The van der Waals surface area contributed by atoms with Gasteiger partial charge in [-0.1, -0.05) is 12.1 Å². The molecular weight excluding hydrogens is 216 g/mol. The lowest BCUT2D eigenvalue weighted by molar-refractivity contribution is 0.199. The van der Waals surface area contributed by atoms with E-state index in [1.54, 1.807) is 21.1 Å². The van der Waals surface area contributed by atoms with Gasteiger partial charge in [0.1, 0.15) is 11.5 Å². The normalized spacial score (nSPS) is 12.5. The quantitative estimate of drug-likeness (QED) is 0.884. The summed E-state index contributed by atoms with van der Waals surface area (Å²) in [6, 6.07) is 9.52. The van der Waals surface area contributed by atoms with E-state index in [2.05, 4.69) is 0 Å². The number of fused-ring (bicyclic) bond motifs is 1. The minimum atomic E-state index is -0.490. The molecular formula is C14H16O3. The second-order valence-corrected chi connectivity index (χ2v) is 3.95. The molecule has 3 nitrogen and oxygen atoms in total. The fraction of sp³-hybridized carbons (Fsp3) is 0.286. The van der Waals surface area contributed by atoms with E-state index in [4.69, 9.17) is 9.47 Å². The molecule has 0 saturated carbocycles. The van der Waals surface area contributed by atoms with Crippen molar-refractivity contribution in [2.75, 3.05) is 14.2 Å². The number of aliphatic hydroxyl groups excluding tert-OH is 1. The minimum absolute atomic E-state index is 0.490. The first kappa shape index (κ1) is 11.7. The summed E-state index contributed by atoms with van der Waals surface area (Å²) in [5.74, 6) is 1.58. The zero-order chi connectivity index (χ0) is 12.4. The van der Waals surface area contributed by atoms with E-state index in [9.17, 15) is 5.11 Å². The van der Waals surface area contributed by atoms with Crippen molar-refractivity contribution in [3.05, 3.63) is 35.9 Å². The maximum Gasteiger partial charge on any atom is 0.126 e. The minimum Gasteiger partial charge on any atom is -0.496 e. The van der Waals surface area contributed by atoms with Crippen molar-refractivity contribution >= 4 is 10.8 Å². The van der Waals surface area contributed by atoms with Gasteiger partial charge in [0.25, 0.3) is 0 Å². The predicted molar refractivity (Wildman–Crippen MR) is 67.7 cm³/mol. The van der Waals surface area contributed by atoms with Crippen LogP contribution in [0, 0.1) is 0 Å². The molecule has 3 heteroatoms. The lowest BCUT2D eigenvalue weighted by Gasteiger charge is -2.12. The lowest BCUT2D eigenvalue weighted by atomic mass is 10.0. The molecule has 0 unspecified atom stereocenters. The Morgan fingerprint density at radius 3 is 2.06 bits per heavy atom. The second-order valence-electron chi connectivity index (χ2n) is 3.95. The van der Waals surface area contributed by atoms with E-state index in [0.29, 0.717) is 0 Å². The van der Waals surface area contributed by atoms with E-state index in [1.807, 2.05) is 30.3 Å². The Labute approximate surface area is 101 Å². The highest BCUT2D eigenvalue weighted by Gasteiger charge is 2.09. The summed E-state index contributed by atoms with van der Waals surface area (Å²) in [5.41, 5.74) is 0.865. The number of methoxy groups -OCH3 is 2. The fourth-order valence-corrected chi connectivity index (χ4v) is 1.93.